The molecule has 0 atom stereocenters. The van der Waals surface area contributed by atoms with Crippen LogP contribution in [-0.2, 0) is 5.66 Å². The predicted molar refractivity (Wildman–Crippen MR) is 51.3 cm³/mol. The van der Waals surface area contributed by atoms with E-state index in [2.05, 4.69) is 0 Å². The van der Waals surface area contributed by atoms with Gasteiger partial charge in [0.2, 0.25) is 0 Å². The van der Waals surface area contributed by atoms with E-state index >= 15 is 0 Å². The molecule has 0 bridgehead atoms. The molecule has 0 amide bonds. The average Bonchev–Trinajstić information content (AvgIpc) is 2.16. The lowest BCUT2D eigenvalue weighted by atomic mass is 9.97. The van der Waals surface area contributed by atoms with E-state index in [-0.39, 0.29) is 0 Å². The molecule has 1 aromatic rings. The summed E-state index contributed by atoms with van der Waals surface area (Å²) in [7, 11) is 0. The third-order valence-corrected chi connectivity index (χ3v) is 1.96. The SMILES string of the molecule is N#CCCC(N)(N)c1ccccc1. The molecule has 0 aliphatic rings. The van der Waals surface area contributed by atoms with Crippen LogP contribution in [0, 0.1) is 11.3 Å². The van der Waals surface area contributed by atoms with Crippen LogP contribution >= 0.6 is 0 Å². The first kappa shape index (κ1) is 9.72. The Morgan fingerprint density at radius 3 is 2.38 bits per heavy atom. The molecule has 0 radical (unpaired) electrons. The first-order chi connectivity index (χ1) is 6.17. The highest BCUT2D eigenvalue weighted by molar-refractivity contribution is 5.22. The van der Waals surface area contributed by atoms with Gasteiger partial charge in [0.1, 0.15) is 0 Å². The highest BCUT2D eigenvalue weighted by Crippen LogP contribution is 2.16. The van der Waals surface area contributed by atoms with Gasteiger partial charge in [-0.05, 0) is 12.0 Å². The number of nitrogens with two attached hydrogens (primary N) is 2. The predicted octanol–water partition coefficient (Wildman–Crippen LogP) is 1.06. The summed E-state index contributed by atoms with van der Waals surface area (Å²) in [5.74, 6) is 0. The molecule has 3 heteroatoms. The fourth-order valence-corrected chi connectivity index (χ4v) is 1.16. The number of nitrogens with zero attached hydrogens (tertiary/aromatic N) is 1. The van der Waals surface area contributed by atoms with Gasteiger partial charge < -0.3 is 11.5 Å². The van der Waals surface area contributed by atoms with Crippen molar-refractivity contribution in [3.63, 3.8) is 0 Å². The fourth-order valence-electron chi connectivity index (χ4n) is 1.16. The summed E-state index contributed by atoms with van der Waals surface area (Å²) in [6.07, 6.45) is 0.857. The molecule has 0 spiro atoms. The zero-order valence-electron chi connectivity index (χ0n) is 7.40. The number of hydrogen-bond donors (Lipinski definition) is 2. The number of benzene rings is 1. The van der Waals surface area contributed by atoms with Crippen LogP contribution in [0.1, 0.15) is 18.4 Å². The molecule has 68 valence electrons. The summed E-state index contributed by atoms with van der Waals surface area (Å²) in [4.78, 5) is 0. The van der Waals surface area contributed by atoms with E-state index < -0.39 is 5.66 Å². The van der Waals surface area contributed by atoms with E-state index in [4.69, 9.17) is 16.7 Å². The molecular weight excluding hydrogens is 162 g/mol. The van der Waals surface area contributed by atoms with Crippen molar-refractivity contribution in [3.05, 3.63) is 35.9 Å². The summed E-state index contributed by atoms with van der Waals surface area (Å²) in [5, 5.41) is 8.42. The molecule has 3 nitrogen and oxygen atoms in total. The average molecular weight is 175 g/mol. The maximum Gasteiger partial charge on any atom is 0.0909 e. The minimum atomic E-state index is -0.878. The van der Waals surface area contributed by atoms with Crippen molar-refractivity contribution in [2.45, 2.75) is 18.5 Å². The second kappa shape index (κ2) is 4.04. The van der Waals surface area contributed by atoms with Crippen LogP contribution in [-0.4, -0.2) is 0 Å². The molecule has 0 aliphatic carbocycles. The molecule has 0 saturated carbocycles. The van der Waals surface area contributed by atoms with Gasteiger partial charge in [0.15, 0.2) is 0 Å². The Bertz CT molecular complexity index is 298. The molecule has 13 heavy (non-hydrogen) atoms. The molecule has 4 N–H and O–H groups in total. The van der Waals surface area contributed by atoms with Crippen molar-refractivity contribution < 1.29 is 0 Å². The Balaban J connectivity index is 2.76. The van der Waals surface area contributed by atoms with Crippen molar-refractivity contribution in [1.29, 1.82) is 5.26 Å². The van der Waals surface area contributed by atoms with Crippen molar-refractivity contribution in [2.75, 3.05) is 0 Å². The highest BCUT2D eigenvalue weighted by Gasteiger charge is 2.20. The topological polar surface area (TPSA) is 75.8 Å². The van der Waals surface area contributed by atoms with E-state index in [9.17, 15) is 0 Å². The summed E-state index contributed by atoms with van der Waals surface area (Å²) < 4.78 is 0. The van der Waals surface area contributed by atoms with Crippen molar-refractivity contribution in [2.24, 2.45) is 11.5 Å². The van der Waals surface area contributed by atoms with Gasteiger partial charge in [-0.3, -0.25) is 0 Å². The maximum absolute atomic E-state index is 8.42. The standard InChI is InChI=1S/C10H13N3/c11-8-4-7-10(12,13)9-5-2-1-3-6-9/h1-3,5-6H,4,7,12-13H2. The van der Waals surface area contributed by atoms with Crippen LogP contribution in [0.15, 0.2) is 30.3 Å². The van der Waals surface area contributed by atoms with Gasteiger partial charge >= 0.3 is 0 Å². The van der Waals surface area contributed by atoms with E-state index in [1.807, 2.05) is 36.4 Å². The van der Waals surface area contributed by atoms with E-state index in [0.717, 1.165) is 5.56 Å². The lowest BCUT2D eigenvalue weighted by molar-refractivity contribution is 0.432. The zero-order chi connectivity index (χ0) is 9.73. The summed E-state index contributed by atoms with van der Waals surface area (Å²) in [6, 6.07) is 11.5. The largest absolute Gasteiger partial charge is 0.310 e. The lowest BCUT2D eigenvalue weighted by Gasteiger charge is -2.23. The van der Waals surface area contributed by atoms with Crippen molar-refractivity contribution >= 4 is 0 Å². The molecule has 0 aliphatic heterocycles. The monoisotopic (exact) mass is 175 g/mol. The van der Waals surface area contributed by atoms with Gasteiger partial charge in [0.05, 0.1) is 11.7 Å². The smallest absolute Gasteiger partial charge is 0.0909 e. The summed E-state index contributed by atoms with van der Waals surface area (Å²) in [6.45, 7) is 0. The first-order valence-corrected chi connectivity index (χ1v) is 4.17. The second-order valence-electron chi connectivity index (χ2n) is 3.06. The molecular formula is C10H13N3. The van der Waals surface area contributed by atoms with E-state index in [1.165, 1.54) is 0 Å². The minimum Gasteiger partial charge on any atom is -0.310 e. The van der Waals surface area contributed by atoms with Crippen LogP contribution in [0.2, 0.25) is 0 Å². The first-order valence-electron chi connectivity index (χ1n) is 4.17. The minimum absolute atomic E-state index is 0.377. The van der Waals surface area contributed by atoms with Gasteiger partial charge in [-0.15, -0.1) is 0 Å². The fraction of sp³-hybridized carbons (Fsp3) is 0.300. The third kappa shape index (κ3) is 2.55. The molecule has 1 rings (SSSR count). The summed E-state index contributed by atoms with van der Waals surface area (Å²) >= 11 is 0. The Hall–Kier alpha value is -1.37. The lowest BCUT2D eigenvalue weighted by Crippen LogP contribution is -2.45. The van der Waals surface area contributed by atoms with Crippen molar-refractivity contribution in [1.82, 2.24) is 0 Å². The van der Waals surface area contributed by atoms with Crippen LogP contribution in [0.25, 0.3) is 0 Å². The van der Waals surface area contributed by atoms with Gasteiger partial charge in [0.25, 0.3) is 0 Å². The Morgan fingerprint density at radius 1 is 1.23 bits per heavy atom. The van der Waals surface area contributed by atoms with E-state index in [0.29, 0.717) is 12.8 Å². The molecule has 0 unspecified atom stereocenters. The summed E-state index contributed by atoms with van der Waals surface area (Å²) in [5.41, 5.74) is 11.7. The highest BCUT2D eigenvalue weighted by atomic mass is 14.9. The normalized spacial score (nSPS) is 10.8. The van der Waals surface area contributed by atoms with Crippen LogP contribution in [0.3, 0.4) is 0 Å². The van der Waals surface area contributed by atoms with Gasteiger partial charge in [-0.2, -0.15) is 5.26 Å². The molecule has 1 aromatic carbocycles. The number of nitriles is 1. The Morgan fingerprint density at radius 2 is 1.85 bits per heavy atom. The second-order valence-corrected chi connectivity index (χ2v) is 3.06. The Labute approximate surface area is 78.0 Å². The molecule has 0 heterocycles. The van der Waals surface area contributed by atoms with Crippen LogP contribution < -0.4 is 11.5 Å². The van der Waals surface area contributed by atoms with Crippen molar-refractivity contribution in [3.8, 4) is 6.07 Å². The molecule has 0 saturated heterocycles. The van der Waals surface area contributed by atoms with Crippen LogP contribution in [0.4, 0.5) is 0 Å². The number of rotatable bonds is 3. The molecule has 0 aromatic heterocycles. The molecule has 0 fully saturated rings. The Kier molecular flexibility index (Phi) is 3.02. The maximum atomic E-state index is 8.42. The van der Waals surface area contributed by atoms with Gasteiger partial charge in [-0.25, -0.2) is 0 Å². The number of hydrogen-bond acceptors (Lipinski definition) is 3. The van der Waals surface area contributed by atoms with Gasteiger partial charge in [-0.1, -0.05) is 30.3 Å². The quantitative estimate of drug-likeness (QED) is 0.674. The van der Waals surface area contributed by atoms with Gasteiger partial charge in [0, 0.05) is 6.42 Å². The van der Waals surface area contributed by atoms with E-state index in [1.54, 1.807) is 0 Å². The zero-order valence-corrected chi connectivity index (χ0v) is 7.40. The van der Waals surface area contributed by atoms with Crippen LogP contribution in [0.5, 0.6) is 0 Å². The third-order valence-electron chi connectivity index (χ3n) is 1.96.